The molecule has 26 heavy (non-hydrogen) atoms. The number of anilines is 2. The summed E-state index contributed by atoms with van der Waals surface area (Å²) in [5.41, 5.74) is 7.46. The first kappa shape index (κ1) is 18.1. The second kappa shape index (κ2) is 7.70. The van der Waals surface area contributed by atoms with Gasteiger partial charge in [0, 0.05) is 42.2 Å². The van der Waals surface area contributed by atoms with Crippen LogP contribution in [0.2, 0.25) is 0 Å². The van der Waals surface area contributed by atoms with Gasteiger partial charge in [-0.25, -0.2) is 9.37 Å². The van der Waals surface area contributed by atoms with Gasteiger partial charge in [-0.1, -0.05) is 0 Å². The van der Waals surface area contributed by atoms with Crippen LogP contribution in [0.5, 0.6) is 5.75 Å². The minimum absolute atomic E-state index is 0.0939. The van der Waals surface area contributed by atoms with Crippen molar-refractivity contribution >= 4 is 17.2 Å². The van der Waals surface area contributed by atoms with E-state index < -0.39 is 5.82 Å². The van der Waals surface area contributed by atoms with Gasteiger partial charge in [0.25, 0.3) is 0 Å². The van der Waals surface area contributed by atoms with Gasteiger partial charge in [-0.15, -0.1) is 0 Å². The summed E-state index contributed by atoms with van der Waals surface area (Å²) in [7, 11) is 0. The van der Waals surface area contributed by atoms with Crippen molar-refractivity contribution in [2.24, 2.45) is 0 Å². The number of nitrogens with two attached hydrogens (primary N) is 1. The van der Waals surface area contributed by atoms with Crippen molar-refractivity contribution in [2.45, 2.75) is 20.0 Å². The Labute approximate surface area is 152 Å². The molecule has 0 atom stereocenters. The molecule has 0 spiro atoms. The van der Waals surface area contributed by atoms with Gasteiger partial charge in [0.05, 0.1) is 25.0 Å². The molecule has 3 rings (SSSR count). The zero-order chi connectivity index (χ0) is 18.7. The predicted molar refractivity (Wildman–Crippen MR) is 99.8 cm³/mol. The van der Waals surface area contributed by atoms with Crippen LogP contribution in [0, 0.1) is 11.2 Å². The summed E-state index contributed by atoms with van der Waals surface area (Å²) in [5.74, 6) is 0.350. The Hall–Kier alpha value is -2.67. The number of rotatable bonds is 5. The van der Waals surface area contributed by atoms with Gasteiger partial charge in [0.1, 0.15) is 5.82 Å². The number of nitrogens with zero attached hydrogens (tertiary/aromatic N) is 2. The average Bonchev–Trinajstić information content (AvgIpc) is 2.64. The Morgan fingerprint density at radius 3 is 2.73 bits per heavy atom. The van der Waals surface area contributed by atoms with Crippen molar-refractivity contribution in [2.75, 3.05) is 36.9 Å². The van der Waals surface area contributed by atoms with Gasteiger partial charge in [0.15, 0.2) is 11.6 Å². The van der Waals surface area contributed by atoms with Crippen LogP contribution in [0.1, 0.15) is 25.0 Å². The SMILES string of the molecule is CC(C)Oc1cc(C(=N)c2ccnc(N3CCOCC3)c2)c(N)cc1F. The smallest absolute Gasteiger partial charge is 0.167 e. The summed E-state index contributed by atoms with van der Waals surface area (Å²) in [4.78, 5) is 6.50. The van der Waals surface area contributed by atoms with Crippen molar-refractivity contribution in [3.8, 4) is 5.75 Å². The molecule has 1 aromatic carbocycles. The Morgan fingerprint density at radius 2 is 2.04 bits per heavy atom. The summed E-state index contributed by atoms with van der Waals surface area (Å²) in [6.45, 7) is 6.47. The van der Waals surface area contributed by atoms with Crippen molar-refractivity contribution in [1.29, 1.82) is 5.41 Å². The summed E-state index contributed by atoms with van der Waals surface area (Å²) in [5, 5.41) is 8.54. The Morgan fingerprint density at radius 1 is 1.31 bits per heavy atom. The maximum atomic E-state index is 14.1. The van der Waals surface area contributed by atoms with E-state index in [4.69, 9.17) is 20.6 Å². The third-order valence-corrected chi connectivity index (χ3v) is 4.11. The van der Waals surface area contributed by atoms with E-state index in [0.29, 0.717) is 24.3 Å². The molecule has 0 unspecified atom stereocenters. The number of halogens is 1. The van der Waals surface area contributed by atoms with E-state index in [1.165, 1.54) is 12.1 Å². The number of aromatic nitrogens is 1. The Bertz CT molecular complexity index is 804. The summed E-state index contributed by atoms with van der Waals surface area (Å²) < 4.78 is 24.9. The minimum atomic E-state index is -0.531. The van der Waals surface area contributed by atoms with Crippen molar-refractivity contribution in [3.63, 3.8) is 0 Å². The lowest BCUT2D eigenvalue weighted by molar-refractivity contribution is 0.122. The number of ether oxygens (including phenoxy) is 2. The van der Waals surface area contributed by atoms with Gasteiger partial charge in [0.2, 0.25) is 0 Å². The number of nitrogens with one attached hydrogen (secondary N) is 1. The molecule has 138 valence electrons. The van der Waals surface area contributed by atoms with Crippen LogP contribution < -0.4 is 15.4 Å². The lowest BCUT2D eigenvalue weighted by atomic mass is 10.0. The molecular formula is C19H23FN4O2. The molecule has 0 saturated carbocycles. The van der Waals surface area contributed by atoms with Crippen LogP contribution in [0.3, 0.4) is 0 Å². The number of morpholine rings is 1. The molecule has 0 radical (unpaired) electrons. The summed E-state index contributed by atoms with van der Waals surface area (Å²) >= 11 is 0. The highest BCUT2D eigenvalue weighted by Crippen LogP contribution is 2.27. The minimum Gasteiger partial charge on any atom is -0.488 e. The van der Waals surface area contributed by atoms with Crippen LogP contribution >= 0.6 is 0 Å². The number of nitrogen functional groups attached to an aromatic ring is 1. The molecule has 6 nitrogen and oxygen atoms in total. The molecule has 0 aliphatic carbocycles. The van der Waals surface area contributed by atoms with E-state index in [9.17, 15) is 4.39 Å². The number of pyridine rings is 1. The second-order valence-electron chi connectivity index (χ2n) is 6.41. The van der Waals surface area contributed by atoms with Gasteiger partial charge in [-0.3, -0.25) is 5.41 Å². The molecule has 7 heteroatoms. The van der Waals surface area contributed by atoms with E-state index >= 15 is 0 Å². The molecule has 1 aliphatic rings. The van der Waals surface area contributed by atoms with E-state index in [0.717, 1.165) is 18.9 Å². The van der Waals surface area contributed by atoms with Gasteiger partial charge in [-0.2, -0.15) is 0 Å². The van der Waals surface area contributed by atoms with Gasteiger partial charge in [-0.05, 0) is 32.0 Å². The molecule has 3 N–H and O–H groups in total. The van der Waals surface area contributed by atoms with Crippen LogP contribution in [-0.2, 0) is 4.74 Å². The monoisotopic (exact) mass is 358 g/mol. The largest absolute Gasteiger partial charge is 0.488 e. The second-order valence-corrected chi connectivity index (χ2v) is 6.41. The predicted octanol–water partition coefficient (Wildman–Crippen LogP) is 2.84. The average molecular weight is 358 g/mol. The standard InChI is InChI=1S/C19H23FN4O2/c1-12(2)26-17-10-14(16(21)11-15(17)20)19(22)13-3-4-23-18(9-13)24-5-7-25-8-6-24/h3-4,9-12,22H,5-8,21H2,1-2H3. The van der Waals surface area contributed by atoms with Crippen LogP contribution in [-0.4, -0.2) is 43.1 Å². The molecule has 1 saturated heterocycles. The third-order valence-electron chi connectivity index (χ3n) is 4.11. The Kier molecular flexibility index (Phi) is 5.37. The van der Waals surface area contributed by atoms with Crippen molar-refractivity contribution < 1.29 is 13.9 Å². The highest BCUT2D eigenvalue weighted by atomic mass is 19.1. The van der Waals surface area contributed by atoms with Crippen molar-refractivity contribution in [3.05, 3.63) is 47.4 Å². The lowest BCUT2D eigenvalue weighted by Gasteiger charge is -2.28. The summed E-state index contributed by atoms with van der Waals surface area (Å²) in [6.07, 6.45) is 1.49. The fourth-order valence-electron chi connectivity index (χ4n) is 2.82. The van der Waals surface area contributed by atoms with Crippen LogP contribution in [0.25, 0.3) is 0 Å². The highest BCUT2D eigenvalue weighted by molar-refractivity contribution is 6.14. The van der Waals surface area contributed by atoms with E-state index in [2.05, 4.69) is 9.88 Å². The van der Waals surface area contributed by atoms with Gasteiger partial charge < -0.3 is 20.1 Å². The van der Waals surface area contributed by atoms with Crippen LogP contribution in [0.15, 0.2) is 30.5 Å². The maximum Gasteiger partial charge on any atom is 0.167 e. The first-order valence-corrected chi connectivity index (χ1v) is 8.59. The molecule has 2 aromatic rings. The molecular weight excluding hydrogens is 335 g/mol. The normalized spacial score (nSPS) is 14.5. The summed E-state index contributed by atoms with van der Waals surface area (Å²) in [6, 6.07) is 6.28. The highest BCUT2D eigenvalue weighted by Gasteiger charge is 2.17. The Balaban J connectivity index is 1.91. The fourth-order valence-corrected chi connectivity index (χ4v) is 2.82. The van der Waals surface area contributed by atoms with E-state index in [1.807, 2.05) is 19.9 Å². The van der Waals surface area contributed by atoms with Crippen LogP contribution in [0.4, 0.5) is 15.9 Å². The quantitative estimate of drug-likeness (QED) is 0.634. The number of hydrogen-bond donors (Lipinski definition) is 2. The zero-order valence-electron chi connectivity index (χ0n) is 15.0. The first-order valence-electron chi connectivity index (χ1n) is 8.59. The number of benzene rings is 1. The third kappa shape index (κ3) is 3.94. The topological polar surface area (TPSA) is 84.5 Å². The maximum absolute atomic E-state index is 14.1. The van der Waals surface area contributed by atoms with E-state index in [-0.39, 0.29) is 23.3 Å². The molecule has 1 aromatic heterocycles. The molecule has 0 bridgehead atoms. The molecule has 0 amide bonds. The lowest BCUT2D eigenvalue weighted by Crippen LogP contribution is -2.36. The van der Waals surface area contributed by atoms with Crippen molar-refractivity contribution in [1.82, 2.24) is 4.98 Å². The zero-order valence-corrected chi connectivity index (χ0v) is 15.0. The molecule has 1 aliphatic heterocycles. The van der Waals surface area contributed by atoms with Gasteiger partial charge >= 0.3 is 0 Å². The first-order chi connectivity index (χ1) is 12.5. The van der Waals surface area contributed by atoms with E-state index in [1.54, 1.807) is 12.3 Å². The molecule has 1 fully saturated rings. The fraction of sp³-hybridized carbons (Fsp3) is 0.368. The number of hydrogen-bond acceptors (Lipinski definition) is 6. The molecule has 2 heterocycles.